The van der Waals surface area contributed by atoms with Crippen molar-refractivity contribution in [3.05, 3.63) is 11.9 Å². The number of hydrogen-bond acceptors (Lipinski definition) is 3. The van der Waals surface area contributed by atoms with Gasteiger partial charge in [0.1, 0.15) is 5.69 Å². The number of nitrogens with zero attached hydrogens (tertiary/aromatic N) is 2. The molecule has 102 valence electrons. The van der Waals surface area contributed by atoms with Crippen molar-refractivity contribution in [3.8, 4) is 5.75 Å². The van der Waals surface area contributed by atoms with Crippen LogP contribution in [-0.2, 0) is 6.54 Å². The molecule has 1 aromatic heterocycles. The van der Waals surface area contributed by atoms with Gasteiger partial charge in [-0.3, -0.25) is 4.68 Å². The van der Waals surface area contributed by atoms with Crippen LogP contribution in [0, 0.1) is 0 Å². The van der Waals surface area contributed by atoms with Gasteiger partial charge in [-0.25, -0.2) is 4.39 Å². The number of halogens is 1. The minimum Gasteiger partial charge on any atom is -0.493 e. The van der Waals surface area contributed by atoms with Gasteiger partial charge < -0.3 is 10.1 Å². The number of aromatic nitrogens is 2. The second-order valence-corrected chi connectivity index (χ2v) is 4.78. The highest BCUT2D eigenvalue weighted by molar-refractivity contribution is 5.28. The molecule has 2 atom stereocenters. The Morgan fingerprint density at radius 2 is 2.44 bits per heavy atom. The van der Waals surface area contributed by atoms with Crippen LogP contribution in [0.4, 0.5) is 4.39 Å². The Morgan fingerprint density at radius 1 is 1.61 bits per heavy atom. The van der Waals surface area contributed by atoms with E-state index in [2.05, 4.69) is 17.3 Å². The summed E-state index contributed by atoms with van der Waals surface area (Å²) in [4.78, 5) is 0. The zero-order valence-corrected chi connectivity index (χ0v) is 11.2. The topological polar surface area (TPSA) is 39.1 Å². The summed E-state index contributed by atoms with van der Waals surface area (Å²) in [6.07, 6.45) is 4.59. The lowest BCUT2D eigenvalue weighted by molar-refractivity contribution is 0.204. The summed E-state index contributed by atoms with van der Waals surface area (Å²) >= 11 is 0. The Balaban J connectivity index is 2.20. The van der Waals surface area contributed by atoms with Crippen LogP contribution < -0.4 is 10.1 Å². The van der Waals surface area contributed by atoms with Crippen molar-refractivity contribution in [2.24, 2.45) is 0 Å². The summed E-state index contributed by atoms with van der Waals surface area (Å²) < 4.78 is 21.7. The molecule has 4 nitrogen and oxygen atoms in total. The third-order valence-electron chi connectivity index (χ3n) is 3.46. The quantitative estimate of drug-likeness (QED) is 0.878. The first-order valence-electron chi connectivity index (χ1n) is 6.75. The normalized spacial score (nSPS) is 21.8. The first-order chi connectivity index (χ1) is 8.77. The monoisotopic (exact) mass is 255 g/mol. The zero-order valence-electron chi connectivity index (χ0n) is 11.2. The highest BCUT2D eigenvalue weighted by atomic mass is 19.1. The number of rotatable bonds is 5. The third kappa shape index (κ3) is 2.66. The third-order valence-corrected chi connectivity index (χ3v) is 3.46. The molecule has 1 fully saturated rings. The fraction of sp³-hybridized carbons (Fsp3) is 0.769. The number of aryl methyl sites for hydroxylation is 1. The van der Waals surface area contributed by atoms with Crippen molar-refractivity contribution in [1.29, 1.82) is 0 Å². The molecule has 2 heterocycles. The van der Waals surface area contributed by atoms with E-state index in [0.717, 1.165) is 38.8 Å². The molecule has 0 bridgehead atoms. The Kier molecular flexibility index (Phi) is 4.58. The van der Waals surface area contributed by atoms with Gasteiger partial charge in [0.2, 0.25) is 0 Å². The minimum atomic E-state index is -1.05. The Hall–Kier alpha value is -1.10. The highest BCUT2D eigenvalue weighted by Gasteiger charge is 2.30. The fourth-order valence-electron chi connectivity index (χ4n) is 2.52. The lowest BCUT2D eigenvalue weighted by Crippen LogP contribution is -2.38. The summed E-state index contributed by atoms with van der Waals surface area (Å²) in [6.45, 7) is 3.69. The number of piperidine rings is 1. The first kappa shape index (κ1) is 13.3. The van der Waals surface area contributed by atoms with E-state index >= 15 is 0 Å². The standard InChI is InChI=1S/C13H22FN3O/c1-3-8-17-13(11(18-2)9-16-17)12(14)10-6-4-5-7-15-10/h9-10,12,15H,3-8H2,1-2H3. The lowest BCUT2D eigenvalue weighted by Gasteiger charge is -2.27. The van der Waals surface area contributed by atoms with Crippen LogP contribution in [0.15, 0.2) is 6.20 Å². The molecule has 0 radical (unpaired) electrons. The smallest absolute Gasteiger partial charge is 0.163 e. The Labute approximate surface area is 108 Å². The summed E-state index contributed by atoms with van der Waals surface area (Å²) in [6, 6.07) is -0.111. The largest absolute Gasteiger partial charge is 0.493 e. The molecule has 18 heavy (non-hydrogen) atoms. The lowest BCUT2D eigenvalue weighted by atomic mass is 9.98. The van der Waals surface area contributed by atoms with Crippen LogP contribution in [0.1, 0.15) is 44.5 Å². The summed E-state index contributed by atoms with van der Waals surface area (Å²) in [7, 11) is 1.57. The van der Waals surface area contributed by atoms with Crippen molar-refractivity contribution >= 4 is 0 Å². The van der Waals surface area contributed by atoms with E-state index in [4.69, 9.17) is 4.74 Å². The Morgan fingerprint density at radius 3 is 3.06 bits per heavy atom. The maximum atomic E-state index is 14.7. The van der Waals surface area contributed by atoms with Gasteiger partial charge in [0, 0.05) is 12.6 Å². The second-order valence-electron chi connectivity index (χ2n) is 4.78. The van der Waals surface area contributed by atoms with Crippen molar-refractivity contribution in [2.45, 2.75) is 51.4 Å². The molecule has 1 aliphatic heterocycles. The number of nitrogens with one attached hydrogen (secondary N) is 1. The number of ether oxygens (including phenoxy) is 1. The van der Waals surface area contributed by atoms with E-state index in [0.29, 0.717) is 11.4 Å². The second kappa shape index (κ2) is 6.18. The van der Waals surface area contributed by atoms with Gasteiger partial charge in [-0.2, -0.15) is 5.10 Å². The van der Waals surface area contributed by atoms with Crippen LogP contribution in [0.2, 0.25) is 0 Å². The van der Waals surface area contributed by atoms with Crippen molar-refractivity contribution in [1.82, 2.24) is 15.1 Å². The predicted octanol–water partition coefficient (Wildman–Crippen LogP) is 2.45. The maximum absolute atomic E-state index is 14.7. The van der Waals surface area contributed by atoms with Gasteiger partial charge in [-0.1, -0.05) is 13.3 Å². The molecule has 1 aromatic rings. The zero-order chi connectivity index (χ0) is 13.0. The fourth-order valence-corrected chi connectivity index (χ4v) is 2.52. The molecular formula is C13H22FN3O. The van der Waals surface area contributed by atoms with Gasteiger partial charge in [-0.05, 0) is 25.8 Å². The molecule has 0 amide bonds. The van der Waals surface area contributed by atoms with Crippen molar-refractivity contribution in [2.75, 3.05) is 13.7 Å². The molecule has 0 aromatic carbocycles. The predicted molar refractivity (Wildman–Crippen MR) is 68.6 cm³/mol. The molecule has 2 rings (SSSR count). The van der Waals surface area contributed by atoms with Gasteiger partial charge >= 0.3 is 0 Å². The molecule has 5 heteroatoms. The van der Waals surface area contributed by atoms with Crippen molar-refractivity contribution in [3.63, 3.8) is 0 Å². The molecular weight excluding hydrogens is 233 g/mol. The number of methoxy groups -OCH3 is 1. The first-order valence-corrected chi connectivity index (χ1v) is 6.75. The molecule has 1 saturated heterocycles. The number of alkyl halides is 1. The van der Waals surface area contributed by atoms with Crippen LogP contribution >= 0.6 is 0 Å². The molecule has 0 spiro atoms. The van der Waals surface area contributed by atoms with Crippen LogP contribution in [0.3, 0.4) is 0 Å². The van der Waals surface area contributed by atoms with Gasteiger partial charge in [0.05, 0.1) is 13.3 Å². The van der Waals surface area contributed by atoms with E-state index in [-0.39, 0.29) is 6.04 Å². The Bertz CT molecular complexity index is 374. The van der Waals surface area contributed by atoms with Gasteiger partial charge in [-0.15, -0.1) is 0 Å². The molecule has 0 saturated carbocycles. The molecule has 0 aliphatic carbocycles. The van der Waals surface area contributed by atoms with Gasteiger partial charge in [0.15, 0.2) is 11.9 Å². The summed E-state index contributed by atoms with van der Waals surface area (Å²) in [5, 5.41) is 7.47. The molecule has 2 unspecified atom stereocenters. The minimum absolute atomic E-state index is 0.111. The SMILES string of the molecule is CCCn1ncc(OC)c1C(F)C1CCCCN1. The van der Waals surface area contributed by atoms with E-state index in [1.54, 1.807) is 18.0 Å². The summed E-state index contributed by atoms with van der Waals surface area (Å²) in [5.74, 6) is 0.559. The molecule has 1 aliphatic rings. The van der Waals surface area contributed by atoms with Crippen molar-refractivity contribution < 1.29 is 9.13 Å². The van der Waals surface area contributed by atoms with E-state index in [1.807, 2.05) is 0 Å². The highest BCUT2D eigenvalue weighted by Crippen LogP contribution is 2.33. The van der Waals surface area contributed by atoms with E-state index < -0.39 is 6.17 Å². The van der Waals surface area contributed by atoms with E-state index in [1.165, 1.54) is 0 Å². The molecule has 1 N–H and O–H groups in total. The average Bonchev–Trinajstić information content (AvgIpc) is 2.82. The maximum Gasteiger partial charge on any atom is 0.163 e. The summed E-state index contributed by atoms with van der Waals surface area (Å²) in [5.41, 5.74) is 0.582. The van der Waals surface area contributed by atoms with E-state index in [9.17, 15) is 4.39 Å². The van der Waals surface area contributed by atoms with Crippen LogP contribution in [0.25, 0.3) is 0 Å². The average molecular weight is 255 g/mol. The van der Waals surface area contributed by atoms with Crippen LogP contribution in [0.5, 0.6) is 5.75 Å². The van der Waals surface area contributed by atoms with Gasteiger partial charge in [0.25, 0.3) is 0 Å². The number of hydrogen-bond donors (Lipinski definition) is 1. The van der Waals surface area contributed by atoms with Crippen LogP contribution in [-0.4, -0.2) is 29.5 Å².